The number of hydrogen-bond donors (Lipinski definition) is 3. The van der Waals surface area contributed by atoms with Crippen LogP contribution in [0.15, 0.2) is 71.4 Å². The van der Waals surface area contributed by atoms with E-state index in [-0.39, 0.29) is 29.4 Å². The minimum absolute atomic E-state index is 0.0150. The highest BCUT2D eigenvalue weighted by molar-refractivity contribution is 7.17. The van der Waals surface area contributed by atoms with Crippen LogP contribution in [0.2, 0.25) is 4.34 Å². The summed E-state index contributed by atoms with van der Waals surface area (Å²) in [6, 6.07) is 12.1. The monoisotopic (exact) mass is 433 g/mol. The highest BCUT2D eigenvalue weighted by Gasteiger charge is 2.11. The van der Waals surface area contributed by atoms with Gasteiger partial charge in [0.2, 0.25) is 0 Å². The highest BCUT2D eigenvalue weighted by atomic mass is 35.5. The molecule has 0 fully saturated rings. The van der Waals surface area contributed by atoms with E-state index in [9.17, 15) is 14.0 Å². The van der Waals surface area contributed by atoms with Gasteiger partial charge in [-0.1, -0.05) is 17.7 Å². The Balaban J connectivity index is 1.69. The maximum Gasteiger partial charge on any atom is 0.261 e. The van der Waals surface area contributed by atoms with Gasteiger partial charge in [-0.2, -0.15) is 0 Å². The predicted molar refractivity (Wildman–Crippen MR) is 113 cm³/mol. The second kappa shape index (κ2) is 8.91. The van der Waals surface area contributed by atoms with E-state index in [1.54, 1.807) is 36.5 Å². The lowest BCUT2D eigenvalue weighted by atomic mass is 10.2. The number of nitrogens with zero attached hydrogens (tertiary/aromatic N) is 2. The number of thiophene rings is 1. The van der Waals surface area contributed by atoms with Crippen LogP contribution in [0.3, 0.4) is 0 Å². The first-order valence-electron chi connectivity index (χ1n) is 8.36. The molecule has 29 heavy (non-hydrogen) atoms. The molecule has 7 nitrogen and oxygen atoms in total. The number of nitrogens with two attached hydrogens (primary N) is 2. The van der Waals surface area contributed by atoms with E-state index in [0.29, 0.717) is 14.9 Å². The molecule has 10 heteroatoms. The normalized spacial score (nSPS) is 11.3. The van der Waals surface area contributed by atoms with Crippen molar-refractivity contribution in [1.29, 1.82) is 0 Å². The standard InChI is InChI=1S/C19H17ClFN5O2S/c20-17-7-6-16(29-17)19(28)24-10-12(22)11-26(23)15-5-4-13(9-14(15)21)25-8-2-1-3-18(25)27/h1-9,11H,10,22-23H2,(H,24,28)/b12-11-. The van der Waals surface area contributed by atoms with Crippen molar-refractivity contribution < 1.29 is 9.18 Å². The van der Waals surface area contributed by atoms with E-state index < -0.39 is 5.82 Å². The van der Waals surface area contributed by atoms with Crippen molar-refractivity contribution in [3.8, 4) is 5.69 Å². The van der Waals surface area contributed by atoms with E-state index in [0.717, 1.165) is 16.3 Å². The number of nitrogens with one attached hydrogen (secondary N) is 1. The number of carbonyl (C=O) groups excluding carboxylic acids is 1. The smallest absolute Gasteiger partial charge is 0.261 e. The van der Waals surface area contributed by atoms with Crippen molar-refractivity contribution in [2.45, 2.75) is 0 Å². The molecule has 0 unspecified atom stereocenters. The van der Waals surface area contributed by atoms with Crippen LogP contribution in [0, 0.1) is 5.82 Å². The zero-order valence-corrected chi connectivity index (χ0v) is 16.6. The van der Waals surface area contributed by atoms with Crippen molar-refractivity contribution in [2.24, 2.45) is 11.6 Å². The molecule has 0 aliphatic carbocycles. The molecule has 150 valence electrons. The van der Waals surface area contributed by atoms with Gasteiger partial charge in [0.1, 0.15) is 5.82 Å². The summed E-state index contributed by atoms with van der Waals surface area (Å²) in [6.45, 7) is 0.0150. The fraction of sp³-hybridized carbons (Fsp3) is 0.0526. The maximum atomic E-state index is 14.5. The van der Waals surface area contributed by atoms with Gasteiger partial charge in [0, 0.05) is 30.2 Å². The summed E-state index contributed by atoms with van der Waals surface area (Å²) >= 11 is 6.95. The van der Waals surface area contributed by atoms with Gasteiger partial charge in [-0.25, -0.2) is 10.2 Å². The third-order valence-electron chi connectivity index (χ3n) is 3.87. The maximum absolute atomic E-state index is 14.5. The quantitative estimate of drug-likeness (QED) is 0.409. The van der Waals surface area contributed by atoms with Crippen molar-refractivity contribution >= 4 is 34.5 Å². The Bertz CT molecular complexity index is 1130. The molecule has 1 aromatic carbocycles. The first kappa shape index (κ1) is 20.6. The van der Waals surface area contributed by atoms with Crippen LogP contribution < -0.4 is 27.5 Å². The summed E-state index contributed by atoms with van der Waals surface area (Å²) in [6.07, 6.45) is 2.84. The summed E-state index contributed by atoms with van der Waals surface area (Å²) in [5.74, 6) is 4.91. The van der Waals surface area contributed by atoms with E-state index in [2.05, 4.69) is 5.32 Å². The van der Waals surface area contributed by atoms with Crippen LogP contribution in [-0.4, -0.2) is 17.0 Å². The number of halogens is 2. The Morgan fingerprint density at radius 1 is 1.28 bits per heavy atom. The highest BCUT2D eigenvalue weighted by Crippen LogP contribution is 2.22. The molecule has 0 spiro atoms. The Labute approximate surface area is 174 Å². The van der Waals surface area contributed by atoms with Crippen LogP contribution in [0.5, 0.6) is 0 Å². The Kier molecular flexibility index (Phi) is 6.32. The molecule has 0 saturated heterocycles. The summed E-state index contributed by atoms with van der Waals surface area (Å²) in [7, 11) is 0. The molecule has 2 heterocycles. The van der Waals surface area contributed by atoms with Crippen LogP contribution in [0.25, 0.3) is 5.69 Å². The molecule has 0 radical (unpaired) electrons. The van der Waals surface area contributed by atoms with Crippen LogP contribution in [0.4, 0.5) is 10.1 Å². The zero-order chi connectivity index (χ0) is 21.0. The van der Waals surface area contributed by atoms with Gasteiger partial charge in [0.05, 0.1) is 27.1 Å². The molecular weight excluding hydrogens is 417 g/mol. The van der Waals surface area contributed by atoms with Crippen LogP contribution in [0.1, 0.15) is 9.67 Å². The van der Waals surface area contributed by atoms with Gasteiger partial charge < -0.3 is 11.1 Å². The number of hydrogen-bond acceptors (Lipinski definition) is 6. The van der Waals surface area contributed by atoms with E-state index in [1.807, 2.05) is 0 Å². The average Bonchev–Trinajstić information content (AvgIpc) is 3.12. The van der Waals surface area contributed by atoms with Crippen molar-refractivity contribution in [3.05, 3.63) is 92.0 Å². The topological polar surface area (TPSA) is 106 Å². The summed E-state index contributed by atoms with van der Waals surface area (Å²) in [5, 5.41) is 3.64. The molecule has 2 aromatic heterocycles. The summed E-state index contributed by atoms with van der Waals surface area (Å²) < 4.78 is 16.3. The molecular formula is C19H17ClFN5O2S. The Morgan fingerprint density at radius 3 is 2.72 bits per heavy atom. The number of anilines is 1. The molecule has 5 N–H and O–H groups in total. The van der Waals surface area contributed by atoms with Gasteiger partial charge in [0.25, 0.3) is 11.5 Å². The van der Waals surface area contributed by atoms with Gasteiger partial charge in [0.15, 0.2) is 0 Å². The summed E-state index contributed by atoms with van der Waals surface area (Å²) in [4.78, 5) is 24.3. The van der Waals surface area contributed by atoms with Gasteiger partial charge in [-0.15, -0.1) is 11.3 Å². The fourth-order valence-electron chi connectivity index (χ4n) is 2.50. The number of carbonyl (C=O) groups is 1. The number of amides is 1. The van der Waals surface area contributed by atoms with Crippen LogP contribution in [-0.2, 0) is 0 Å². The molecule has 0 aliphatic rings. The minimum Gasteiger partial charge on any atom is -0.399 e. The molecule has 0 saturated carbocycles. The molecule has 0 aliphatic heterocycles. The van der Waals surface area contributed by atoms with Gasteiger partial charge in [-0.05, 0) is 30.3 Å². The number of rotatable bonds is 6. The first-order chi connectivity index (χ1) is 13.8. The second-order valence-corrected chi connectivity index (χ2v) is 7.66. The molecule has 3 aromatic rings. The zero-order valence-electron chi connectivity index (χ0n) is 15.0. The predicted octanol–water partition coefficient (Wildman–Crippen LogP) is 2.60. The second-order valence-electron chi connectivity index (χ2n) is 5.94. The fourth-order valence-corrected chi connectivity index (χ4v) is 3.45. The van der Waals surface area contributed by atoms with Gasteiger partial charge >= 0.3 is 0 Å². The lowest BCUT2D eigenvalue weighted by Crippen LogP contribution is -2.31. The number of pyridine rings is 1. The van der Waals surface area contributed by atoms with Crippen molar-refractivity contribution in [2.75, 3.05) is 11.6 Å². The van der Waals surface area contributed by atoms with E-state index >= 15 is 0 Å². The van der Waals surface area contributed by atoms with Crippen molar-refractivity contribution in [1.82, 2.24) is 9.88 Å². The lowest BCUT2D eigenvalue weighted by Gasteiger charge is -2.17. The number of benzene rings is 1. The van der Waals surface area contributed by atoms with E-state index in [4.69, 9.17) is 23.2 Å². The Hall–Kier alpha value is -3.14. The molecule has 0 bridgehead atoms. The lowest BCUT2D eigenvalue weighted by molar-refractivity contribution is 0.0961. The average molecular weight is 434 g/mol. The number of aromatic nitrogens is 1. The molecule has 0 atom stereocenters. The molecule has 1 amide bonds. The first-order valence-corrected chi connectivity index (χ1v) is 9.56. The minimum atomic E-state index is -0.637. The third kappa shape index (κ3) is 5.02. The molecule has 3 rings (SSSR count). The SMILES string of the molecule is N/C(=C\N(N)c1ccc(-n2ccccc2=O)cc1F)CNC(=O)c1ccc(Cl)s1. The van der Waals surface area contributed by atoms with Crippen molar-refractivity contribution in [3.63, 3.8) is 0 Å². The Morgan fingerprint density at radius 2 is 2.07 bits per heavy atom. The summed E-state index contributed by atoms with van der Waals surface area (Å²) in [5.41, 5.74) is 6.22. The van der Waals surface area contributed by atoms with E-state index in [1.165, 1.54) is 29.0 Å². The number of hydrazine groups is 1. The van der Waals surface area contributed by atoms with Gasteiger partial charge in [-0.3, -0.25) is 19.2 Å². The van der Waals surface area contributed by atoms with Crippen LogP contribution >= 0.6 is 22.9 Å². The largest absolute Gasteiger partial charge is 0.399 e. The third-order valence-corrected chi connectivity index (χ3v) is 5.09.